The number of carbonyl (C=O) groups excluding carboxylic acids is 3. The number of fused-ring (bicyclic) bond motifs is 1. The molecule has 0 saturated carbocycles. The summed E-state index contributed by atoms with van der Waals surface area (Å²) in [5, 5.41) is 2.88. The van der Waals surface area contributed by atoms with Crippen molar-refractivity contribution in [3.8, 4) is 11.5 Å². The van der Waals surface area contributed by atoms with Crippen molar-refractivity contribution in [1.82, 2.24) is 10.2 Å². The van der Waals surface area contributed by atoms with Gasteiger partial charge >= 0.3 is 0 Å². The van der Waals surface area contributed by atoms with Crippen molar-refractivity contribution in [3.05, 3.63) is 59.2 Å². The van der Waals surface area contributed by atoms with Crippen LogP contribution in [0.15, 0.2) is 42.5 Å². The standard InChI is InChI=1S/C24H28N2O5/c1-14(2)13-31-20-11-10-17(12-21(20)30-5)15(3)25-22(27)16(4)26-23(28)18-8-6-7-9-19(18)24(26)29/h6-12,14-16H,13H2,1-5H3,(H,25,27). The summed E-state index contributed by atoms with van der Waals surface area (Å²) >= 11 is 0. The summed E-state index contributed by atoms with van der Waals surface area (Å²) < 4.78 is 11.2. The number of nitrogens with one attached hydrogen (secondary N) is 1. The molecule has 31 heavy (non-hydrogen) atoms. The third-order valence-electron chi connectivity index (χ3n) is 5.21. The Balaban J connectivity index is 1.70. The average molecular weight is 424 g/mol. The van der Waals surface area contributed by atoms with Crippen LogP contribution in [0.25, 0.3) is 0 Å². The minimum atomic E-state index is -0.939. The molecule has 0 spiro atoms. The lowest BCUT2D eigenvalue weighted by Gasteiger charge is -2.24. The normalized spacial score (nSPS) is 15.0. The molecule has 1 N–H and O–H groups in total. The minimum absolute atomic E-state index is 0.321. The van der Waals surface area contributed by atoms with Crippen LogP contribution in [0.3, 0.4) is 0 Å². The molecule has 2 unspecified atom stereocenters. The third kappa shape index (κ3) is 4.55. The summed E-state index contributed by atoms with van der Waals surface area (Å²) in [6.45, 7) is 8.07. The number of hydrogen-bond acceptors (Lipinski definition) is 5. The van der Waals surface area contributed by atoms with Crippen LogP contribution in [0, 0.1) is 5.92 Å². The first kappa shape index (κ1) is 22.3. The van der Waals surface area contributed by atoms with Gasteiger partial charge in [0.1, 0.15) is 6.04 Å². The smallest absolute Gasteiger partial charge is 0.262 e. The molecule has 164 valence electrons. The van der Waals surface area contributed by atoms with Crippen molar-refractivity contribution in [3.63, 3.8) is 0 Å². The molecular formula is C24H28N2O5. The Hall–Kier alpha value is -3.35. The summed E-state index contributed by atoms with van der Waals surface area (Å²) in [4.78, 5) is 39.1. The largest absolute Gasteiger partial charge is 0.493 e. The van der Waals surface area contributed by atoms with Gasteiger partial charge in [0.05, 0.1) is 30.9 Å². The summed E-state index contributed by atoms with van der Waals surface area (Å²) in [5.41, 5.74) is 1.46. The second-order valence-corrected chi connectivity index (χ2v) is 8.05. The molecule has 1 aliphatic heterocycles. The van der Waals surface area contributed by atoms with Gasteiger partial charge < -0.3 is 14.8 Å². The van der Waals surface area contributed by atoms with Crippen molar-refractivity contribution in [1.29, 1.82) is 0 Å². The van der Waals surface area contributed by atoms with E-state index in [2.05, 4.69) is 19.2 Å². The highest BCUT2D eigenvalue weighted by molar-refractivity contribution is 6.22. The maximum Gasteiger partial charge on any atom is 0.262 e. The Morgan fingerprint density at radius 3 is 2.13 bits per heavy atom. The molecule has 0 bridgehead atoms. The third-order valence-corrected chi connectivity index (χ3v) is 5.21. The van der Waals surface area contributed by atoms with Crippen molar-refractivity contribution in [2.75, 3.05) is 13.7 Å². The maximum absolute atomic E-state index is 12.8. The fourth-order valence-corrected chi connectivity index (χ4v) is 3.42. The predicted octanol–water partition coefficient (Wildman–Crippen LogP) is 3.59. The number of amides is 3. The van der Waals surface area contributed by atoms with Crippen LogP contribution in [0.4, 0.5) is 0 Å². The van der Waals surface area contributed by atoms with Gasteiger partial charge in [0.25, 0.3) is 11.8 Å². The van der Waals surface area contributed by atoms with Gasteiger partial charge in [0, 0.05) is 0 Å². The maximum atomic E-state index is 12.8. The summed E-state index contributed by atoms with van der Waals surface area (Å²) in [6, 6.07) is 10.8. The molecule has 0 radical (unpaired) electrons. The topological polar surface area (TPSA) is 84.9 Å². The van der Waals surface area contributed by atoms with E-state index in [0.717, 1.165) is 10.5 Å². The zero-order chi connectivity index (χ0) is 22.7. The lowest BCUT2D eigenvalue weighted by molar-refractivity contribution is -0.125. The zero-order valence-corrected chi connectivity index (χ0v) is 18.5. The molecule has 2 aromatic rings. The zero-order valence-electron chi connectivity index (χ0n) is 18.5. The highest BCUT2D eigenvalue weighted by Crippen LogP contribution is 2.31. The number of carbonyl (C=O) groups is 3. The Kier molecular flexibility index (Phi) is 6.63. The SMILES string of the molecule is COc1cc(C(C)NC(=O)C(C)N2C(=O)c3ccccc3C2=O)ccc1OCC(C)C. The van der Waals surface area contributed by atoms with E-state index >= 15 is 0 Å². The van der Waals surface area contributed by atoms with E-state index in [1.54, 1.807) is 38.3 Å². The van der Waals surface area contributed by atoms with Gasteiger partial charge in [-0.25, -0.2) is 0 Å². The summed E-state index contributed by atoms with van der Waals surface area (Å²) in [5.74, 6) is 0.270. The van der Waals surface area contributed by atoms with Crippen molar-refractivity contribution in [2.45, 2.75) is 39.8 Å². The van der Waals surface area contributed by atoms with Crippen LogP contribution in [0.2, 0.25) is 0 Å². The fraction of sp³-hybridized carbons (Fsp3) is 0.375. The number of ether oxygens (including phenoxy) is 2. The van der Waals surface area contributed by atoms with Crippen LogP contribution in [-0.4, -0.2) is 42.4 Å². The molecule has 7 nitrogen and oxygen atoms in total. The van der Waals surface area contributed by atoms with Gasteiger partial charge in [-0.2, -0.15) is 0 Å². The number of rotatable bonds is 8. The fourth-order valence-electron chi connectivity index (χ4n) is 3.42. The number of imide groups is 1. The van der Waals surface area contributed by atoms with E-state index in [9.17, 15) is 14.4 Å². The van der Waals surface area contributed by atoms with Crippen LogP contribution in [0.1, 0.15) is 60.0 Å². The molecule has 1 aliphatic rings. The van der Waals surface area contributed by atoms with E-state index in [4.69, 9.17) is 9.47 Å². The quantitative estimate of drug-likeness (QED) is 0.655. The van der Waals surface area contributed by atoms with Gasteiger partial charge in [0.15, 0.2) is 11.5 Å². The molecule has 1 heterocycles. The monoisotopic (exact) mass is 424 g/mol. The Labute approximate surface area is 182 Å². The molecular weight excluding hydrogens is 396 g/mol. The Morgan fingerprint density at radius 1 is 0.968 bits per heavy atom. The second kappa shape index (κ2) is 9.20. The van der Waals surface area contributed by atoms with E-state index < -0.39 is 23.8 Å². The van der Waals surface area contributed by atoms with Gasteiger partial charge in [-0.3, -0.25) is 19.3 Å². The minimum Gasteiger partial charge on any atom is -0.493 e. The Morgan fingerprint density at radius 2 is 1.58 bits per heavy atom. The predicted molar refractivity (Wildman–Crippen MR) is 116 cm³/mol. The van der Waals surface area contributed by atoms with Gasteiger partial charge in [-0.1, -0.05) is 32.0 Å². The molecule has 2 atom stereocenters. The lowest BCUT2D eigenvalue weighted by atomic mass is 10.1. The lowest BCUT2D eigenvalue weighted by Crippen LogP contribution is -2.48. The van der Waals surface area contributed by atoms with Crippen molar-refractivity contribution < 1.29 is 23.9 Å². The van der Waals surface area contributed by atoms with Crippen LogP contribution in [-0.2, 0) is 4.79 Å². The van der Waals surface area contributed by atoms with Crippen molar-refractivity contribution >= 4 is 17.7 Å². The summed E-state index contributed by atoms with van der Waals surface area (Å²) in [6.07, 6.45) is 0. The molecule has 0 saturated heterocycles. The highest BCUT2D eigenvalue weighted by atomic mass is 16.5. The van der Waals surface area contributed by atoms with E-state index in [0.29, 0.717) is 35.2 Å². The Bertz CT molecular complexity index is 966. The first-order valence-electron chi connectivity index (χ1n) is 10.3. The van der Waals surface area contributed by atoms with E-state index in [-0.39, 0.29) is 6.04 Å². The number of methoxy groups -OCH3 is 1. The number of hydrogen-bond donors (Lipinski definition) is 1. The molecule has 7 heteroatoms. The molecule has 0 aromatic heterocycles. The van der Waals surface area contributed by atoms with Crippen LogP contribution < -0.4 is 14.8 Å². The molecule has 0 fully saturated rings. The molecule has 0 aliphatic carbocycles. The number of nitrogens with zero attached hydrogens (tertiary/aromatic N) is 1. The number of benzene rings is 2. The summed E-state index contributed by atoms with van der Waals surface area (Å²) in [7, 11) is 1.56. The highest BCUT2D eigenvalue weighted by Gasteiger charge is 2.40. The van der Waals surface area contributed by atoms with Crippen LogP contribution >= 0.6 is 0 Å². The van der Waals surface area contributed by atoms with Gasteiger partial charge in [0.2, 0.25) is 5.91 Å². The van der Waals surface area contributed by atoms with Crippen molar-refractivity contribution in [2.24, 2.45) is 5.92 Å². The van der Waals surface area contributed by atoms with Gasteiger partial charge in [-0.15, -0.1) is 0 Å². The molecule has 3 amide bonds. The first-order chi connectivity index (χ1) is 14.7. The molecule has 3 rings (SSSR count). The van der Waals surface area contributed by atoms with E-state index in [1.807, 2.05) is 25.1 Å². The van der Waals surface area contributed by atoms with E-state index in [1.165, 1.54) is 0 Å². The van der Waals surface area contributed by atoms with Crippen LogP contribution in [0.5, 0.6) is 11.5 Å². The average Bonchev–Trinajstić information content (AvgIpc) is 3.01. The second-order valence-electron chi connectivity index (χ2n) is 8.05. The molecule has 2 aromatic carbocycles. The first-order valence-corrected chi connectivity index (χ1v) is 10.3. The van der Waals surface area contributed by atoms with Gasteiger partial charge in [-0.05, 0) is 49.6 Å².